The van der Waals surface area contributed by atoms with Crippen LogP contribution in [0.1, 0.15) is 109 Å². The summed E-state index contributed by atoms with van der Waals surface area (Å²) in [5.74, 6) is 0.424. The van der Waals surface area contributed by atoms with Gasteiger partial charge in [0.1, 0.15) is 5.75 Å². The number of hydrogen-bond acceptors (Lipinski definition) is 3. The SMILES string of the molecule is CCCCCCCCCCCCCOP(=O)(O)Oc1ccc(C)cc1C(C)(C)C. The van der Waals surface area contributed by atoms with Crippen LogP contribution in [-0.2, 0) is 14.5 Å². The van der Waals surface area contributed by atoms with Crippen molar-refractivity contribution >= 4 is 7.82 Å². The second-order valence-corrected chi connectivity index (χ2v) is 10.6. The van der Waals surface area contributed by atoms with E-state index in [1.807, 2.05) is 19.1 Å². The summed E-state index contributed by atoms with van der Waals surface area (Å²) in [5.41, 5.74) is 1.82. The van der Waals surface area contributed by atoms with Crippen molar-refractivity contribution in [3.63, 3.8) is 0 Å². The van der Waals surface area contributed by atoms with Gasteiger partial charge >= 0.3 is 7.82 Å². The van der Waals surface area contributed by atoms with Crippen LogP contribution in [0.25, 0.3) is 0 Å². The van der Waals surface area contributed by atoms with E-state index >= 15 is 0 Å². The average molecular weight is 427 g/mol. The number of hydrogen-bond donors (Lipinski definition) is 1. The molecule has 1 rings (SSSR count). The lowest BCUT2D eigenvalue weighted by atomic mass is 9.85. The van der Waals surface area contributed by atoms with Crippen molar-refractivity contribution in [3.8, 4) is 5.75 Å². The maximum Gasteiger partial charge on any atom is 0.527 e. The first-order chi connectivity index (χ1) is 13.7. The van der Waals surface area contributed by atoms with Crippen LogP contribution in [0.15, 0.2) is 18.2 Å². The van der Waals surface area contributed by atoms with E-state index in [1.54, 1.807) is 6.07 Å². The average Bonchev–Trinajstić information content (AvgIpc) is 2.63. The van der Waals surface area contributed by atoms with Crippen LogP contribution in [0.2, 0.25) is 0 Å². The summed E-state index contributed by atoms with van der Waals surface area (Å²) in [6.07, 6.45) is 13.6. The minimum Gasteiger partial charge on any atom is -0.404 e. The van der Waals surface area contributed by atoms with Crippen molar-refractivity contribution in [3.05, 3.63) is 29.3 Å². The number of phosphoric acid groups is 1. The van der Waals surface area contributed by atoms with Gasteiger partial charge in [-0.25, -0.2) is 4.57 Å². The predicted molar refractivity (Wildman–Crippen MR) is 123 cm³/mol. The van der Waals surface area contributed by atoms with Gasteiger partial charge in [0.05, 0.1) is 6.61 Å². The second-order valence-electron chi connectivity index (χ2n) is 9.18. The van der Waals surface area contributed by atoms with Crippen LogP contribution < -0.4 is 4.52 Å². The van der Waals surface area contributed by atoms with Crippen molar-refractivity contribution in [1.29, 1.82) is 0 Å². The Labute approximate surface area is 179 Å². The molecule has 0 amide bonds. The lowest BCUT2D eigenvalue weighted by Crippen LogP contribution is -2.13. The fourth-order valence-electron chi connectivity index (χ4n) is 3.41. The summed E-state index contributed by atoms with van der Waals surface area (Å²) < 4.78 is 22.9. The van der Waals surface area contributed by atoms with Gasteiger partial charge in [-0.1, -0.05) is 110 Å². The third kappa shape index (κ3) is 11.8. The molecule has 0 aromatic heterocycles. The van der Waals surface area contributed by atoms with E-state index in [4.69, 9.17) is 9.05 Å². The van der Waals surface area contributed by atoms with Gasteiger partial charge in [0.15, 0.2) is 0 Å². The molecule has 0 aliphatic carbocycles. The highest BCUT2D eigenvalue weighted by atomic mass is 31.2. The van der Waals surface area contributed by atoms with Gasteiger partial charge < -0.3 is 4.52 Å². The molecule has 0 radical (unpaired) electrons. The summed E-state index contributed by atoms with van der Waals surface area (Å²) in [6, 6.07) is 5.64. The van der Waals surface area contributed by atoms with Crippen LogP contribution in [-0.4, -0.2) is 11.5 Å². The number of aryl methyl sites for hydroxylation is 1. The van der Waals surface area contributed by atoms with Gasteiger partial charge in [-0.05, 0) is 24.8 Å². The molecular formula is C24H43O4P. The van der Waals surface area contributed by atoms with Crippen molar-refractivity contribution in [2.45, 2.75) is 111 Å². The molecule has 1 unspecified atom stereocenters. The van der Waals surface area contributed by atoms with E-state index in [0.717, 1.165) is 30.4 Å². The number of rotatable bonds is 15. The summed E-state index contributed by atoms with van der Waals surface area (Å²) in [7, 11) is -4.11. The molecule has 4 nitrogen and oxygen atoms in total. The predicted octanol–water partition coefficient (Wildman–Crippen LogP) is 8.10. The summed E-state index contributed by atoms with van der Waals surface area (Å²) >= 11 is 0. The van der Waals surface area contributed by atoms with Gasteiger partial charge in [-0.2, -0.15) is 0 Å². The minimum absolute atomic E-state index is 0.183. The summed E-state index contributed by atoms with van der Waals surface area (Å²) in [6.45, 7) is 10.7. The Morgan fingerprint density at radius 1 is 0.897 bits per heavy atom. The molecule has 0 heterocycles. The molecule has 168 valence electrons. The van der Waals surface area contributed by atoms with E-state index < -0.39 is 7.82 Å². The highest BCUT2D eigenvalue weighted by Crippen LogP contribution is 2.47. The minimum atomic E-state index is -4.11. The molecular weight excluding hydrogens is 383 g/mol. The van der Waals surface area contributed by atoms with Gasteiger partial charge in [0, 0.05) is 5.56 Å². The zero-order chi connectivity index (χ0) is 21.8. The van der Waals surface area contributed by atoms with Crippen molar-refractivity contribution in [2.75, 3.05) is 6.61 Å². The largest absolute Gasteiger partial charge is 0.527 e. The Hall–Kier alpha value is -0.830. The van der Waals surface area contributed by atoms with Crippen LogP contribution in [0.3, 0.4) is 0 Å². The van der Waals surface area contributed by atoms with E-state index in [-0.39, 0.29) is 12.0 Å². The molecule has 1 aromatic rings. The van der Waals surface area contributed by atoms with E-state index in [1.165, 1.54) is 51.4 Å². The zero-order valence-corrected chi connectivity index (χ0v) is 20.2. The van der Waals surface area contributed by atoms with Gasteiger partial charge in [-0.15, -0.1) is 0 Å². The summed E-state index contributed by atoms with van der Waals surface area (Å²) in [4.78, 5) is 10.1. The summed E-state index contributed by atoms with van der Waals surface area (Å²) in [5, 5.41) is 0. The Kier molecular flexibility index (Phi) is 12.2. The first-order valence-corrected chi connectivity index (χ1v) is 12.9. The van der Waals surface area contributed by atoms with Crippen molar-refractivity contribution in [2.24, 2.45) is 0 Å². The Morgan fingerprint density at radius 3 is 1.93 bits per heavy atom. The third-order valence-corrected chi connectivity index (χ3v) is 6.10. The Balaban J connectivity index is 2.24. The molecule has 1 N–H and O–H groups in total. The Morgan fingerprint density at radius 2 is 1.41 bits per heavy atom. The van der Waals surface area contributed by atoms with E-state index in [0.29, 0.717) is 5.75 Å². The maximum atomic E-state index is 12.3. The first kappa shape index (κ1) is 26.2. The third-order valence-electron chi connectivity index (χ3n) is 5.16. The zero-order valence-electron chi connectivity index (χ0n) is 19.3. The highest BCUT2D eigenvalue weighted by Gasteiger charge is 2.27. The molecule has 0 saturated heterocycles. The monoisotopic (exact) mass is 426 g/mol. The van der Waals surface area contributed by atoms with Crippen LogP contribution in [0, 0.1) is 6.92 Å². The van der Waals surface area contributed by atoms with Crippen LogP contribution >= 0.6 is 7.82 Å². The molecule has 0 aliphatic heterocycles. The van der Waals surface area contributed by atoms with E-state index in [2.05, 4.69) is 27.7 Å². The van der Waals surface area contributed by atoms with Crippen molar-refractivity contribution < 1.29 is 18.5 Å². The molecule has 1 aromatic carbocycles. The standard InChI is InChI=1S/C24H43O4P/c1-6-7-8-9-10-11-12-13-14-15-16-19-27-29(25,26)28-23-18-17-21(2)20-22(23)24(3,4)5/h17-18,20H,6-16,19H2,1-5H3,(H,25,26). The lowest BCUT2D eigenvalue weighted by Gasteiger charge is -2.24. The first-order valence-electron chi connectivity index (χ1n) is 11.4. The van der Waals surface area contributed by atoms with E-state index in [9.17, 15) is 9.46 Å². The quantitative estimate of drug-likeness (QED) is 0.227. The van der Waals surface area contributed by atoms with Crippen molar-refractivity contribution in [1.82, 2.24) is 0 Å². The van der Waals surface area contributed by atoms with Gasteiger partial charge in [-0.3, -0.25) is 9.42 Å². The van der Waals surface area contributed by atoms with Crippen LogP contribution in [0.5, 0.6) is 5.75 Å². The van der Waals surface area contributed by atoms with Gasteiger partial charge in [0.2, 0.25) is 0 Å². The number of benzene rings is 1. The number of unbranched alkanes of at least 4 members (excludes halogenated alkanes) is 10. The normalized spacial score (nSPS) is 14.0. The fraction of sp³-hybridized carbons (Fsp3) is 0.750. The second kappa shape index (κ2) is 13.5. The fourth-order valence-corrected chi connectivity index (χ4v) is 4.23. The molecule has 5 heteroatoms. The molecule has 0 fully saturated rings. The molecule has 0 saturated carbocycles. The Bertz CT molecular complexity index is 622. The molecule has 29 heavy (non-hydrogen) atoms. The molecule has 1 atom stereocenters. The molecule has 0 aliphatic rings. The maximum absolute atomic E-state index is 12.3. The molecule has 0 spiro atoms. The highest BCUT2D eigenvalue weighted by molar-refractivity contribution is 7.47. The lowest BCUT2D eigenvalue weighted by molar-refractivity contribution is 0.198. The van der Waals surface area contributed by atoms with Crippen LogP contribution in [0.4, 0.5) is 0 Å². The molecule has 0 bridgehead atoms. The smallest absolute Gasteiger partial charge is 0.404 e. The number of phosphoric ester groups is 1. The topological polar surface area (TPSA) is 55.8 Å². The van der Waals surface area contributed by atoms with Gasteiger partial charge in [0.25, 0.3) is 0 Å².